The Hall–Kier alpha value is -2.52. The van der Waals surface area contributed by atoms with Crippen molar-refractivity contribution in [3.63, 3.8) is 0 Å². The predicted octanol–water partition coefficient (Wildman–Crippen LogP) is 3.26. The van der Waals surface area contributed by atoms with E-state index in [4.69, 9.17) is 0 Å². The number of hydrogen-bond acceptors (Lipinski definition) is 5. The van der Waals surface area contributed by atoms with Crippen LogP contribution < -0.4 is 10.0 Å². The van der Waals surface area contributed by atoms with Crippen LogP contribution in [0.15, 0.2) is 77.0 Å². The van der Waals surface area contributed by atoms with Crippen molar-refractivity contribution in [2.75, 3.05) is 20.6 Å². The largest absolute Gasteiger partial charge is 0.344 e. The van der Waals surface area contributed by atoms with E-state index in [9.17, 15) is 13.2 Å². The molecule has 2 N–H and O–H groups in total. The molecule has 6 nitrogen and oxygen atoms in total. The van der Waals surface area contributed by atoms with E-state index in [1.807, 2.05) is 66.8 Å². The minimum Gasteiger partial charge on any atom is -0.344 e. The Balaban J connectivity index is 1.76. The molecule has 0 radical (unpaired) electrons. The molecule has 3 aromatic rings. The molecule has 158 valence electrons. The van der Waals surface area contributed by atoms with E-state index in [2.05, 4.69) is 10.0 Å². The second-order valence-corrected chi connectivity index (χ2v) is 9.93. The van der Waals surface area contributed by atoms with Crippen LogP contribution in [-0.4, -0.2) is 39.9 Å². The number of sulfonamides is 1. The van der Waals surface area contributed by atoms with Crippen molar-refractivity contribution >= 4 is 27.3 Å². The number of nitrogens with zero attached hydrogens (tertiary/aromatic N) is 1. The number of rotatable bonds is 9. The van der Waals surface area contributed by atoms with Gasteiger partial charge in [-0.3, -0.25) is 4.79 Å². The minimum absolute atomic E-state index is 0.0653. The summed E-state index contributed by atoms with van der Waals surface area (Å²) in [6.45, 7) is 0.839. The van der Waals surface area contributed by atoms with Crippen LogP contribution in [0, 0.1) is 0 Å². The second-order valence-electron chi connectivity index (χ2n) is 7.13. The second kappa shape index (κ2) is 9.99. The zero-order valence-electron chi connectivity index (χ0n) is 16.9. The molecule has 1 aromatic heterocycles. The lowest BCUT2D eigenvalue weighted by Crippen LogP contribution is -2.35. The zero-order valence-corrected chi connectivity index (χ0v) is 18.5. The number of likely N-dealkylation sites (N-methyl/N-ethyl adjacent to an activating group) is 1. The van der Waals surface area contributed by atoms with Gasteiger partial charge in [-0.2, -0.15) is 0 Å². The van der Waals surface area contributed by atoms with E-state index < -0.39 is 10.0 Å². The van der Waals surface area contributed by atoms with Crippen LogP contribution in [0.1, 0.15) is 26.8 Å². The molecule has 1 atom stereocenters. The topological polar surface area (TPSA) is 78.5 Å². The first-order chi connectivity index (χ1) is 14.3. The molecule has 0 aliphatic heterocycles. The molecule has 0 fully saturated rings. The Morgan fingerprint density at radius 2 is 1.80 bits per heavy atom. The lowest BCUT2D eigenvalue weighted by molar-refractivity contribution is 0.0929. The molecule has 3 rings (SSSR count). The van der Waals surface area contributed by atoms with Gasteiger partial charge in [0.1, 0.15) is 0 Å². The van der Waals surface area contributed by atoms with Crippen molar-refractivity contribution in [3.05, 3.63) is 88.1 Å². The third kappa shape index (κ3) is 5.99. The summed E-state index contributed by atoms with van der Waals surface area (Å²) < 4.78 is 27.9. The molecule has 1 amide bonds. The van der Waals surface area contributed by atoms with Crippen LogP contribution in [0.3, 0.4) is 0 Å². The predicted molar refractivity (Wildman–Crippen MR) is 120 cm³/mol. The molecule has 0 saturated heterocycles. The van der Waals surface area contributed by atoms with Crippen LogP contribution in [0.5, 0.6) is 0 Å². The lowest BCUT2D eigenvalue weighted by atomic mass is 10.1. The van der Waals surface area contributed by atoms with Gasteiger partial charge in [0.2, 0.25) is 10.0 Å². The summed E-state index contributed by atoms with van der Waals surface area (Å²) in [6.07, 6.45) is 0. The molecule has 0 saturated carbocycles. The number of nitrogens with one attached hydrogen (secondary N) is 2. The molecule has 0 aliphatic rings. The van der Waals surface area contributed by atoms with E-state index in [1.54, 1.807) is 12.1 Å². The highest BCUT2D eigenvalue weighted by Crippen LogP contribution is 2.17. The van der Waals surface area contributed by atoms with Crippen molar-refractivity contribution in [3.8, 4) is 0 Å². The van der Waals surface area contributed by atoms with E-state index in [1.165, 1.54) is 23.5 Å². The van der Waals surface area contributed by atoms with Gasteiger partial charge in [0.15, 0.2) is 0 Å². The fourth-order valence-electron chi connectivity index (χ4n) is 2.99. The SMILES string of the molecule is CN(C)CC(NC(=O)c1cccc(S(=O)(=O)NCc2cccs2)c1)c1ccccc1. The first kappa shape index (κ1) is 22.2. The van der Waals surface area contributed by atoms with Crippen molar-refractivity contribution in [2.45, 2.75) is 17.5 Å². The zero-order chi connectivity index (χ0) is 21.6. The standard InChI is InChI=1S/C22H25N3O3S2/c1-25(2)16-21(17-8-4-3-5-9-17)24-22(26)18-10-6-12-20(14-18)30(27,28)23-15-19-11-7-13-29-19/h3-14,21,23H,15-16H2,1-2H3,(H,24,26). The van der Waals surface area contributed by atoms with Crippen molar-refractivity contribution in [2.24, 2.45) is 0 Å². The highest BCUT2D eigenvalue weighted by atomic mass is 32.2. The molecule has 2 aromatic carbocycles. The molecule has 0 bridgehead atoms. The van der Waals surface area contributed by atoms with Crippen molar-refractivity contribution in [1.29, 1.82) is 0 Å². The van der Waals surface area contributed by atoms with Gasteiger partial charge < -0.3 is 10.2 Å². The summed E-state index contributed by atoms with van der Waals surface area (Å²) in [5, 5.41) is 4.91. The summed E-state index contributed by atoms with van der Waals surface area (Å²) in [7, 11) is 0.155. The molecule has 0 spiro atoms. The highest BCUT2D eigenvalue weighted by Gasteiger charge is 2.19. The third-order valence-electron chi connectivity index (χ3n) is 4.48. The summed E-state index contributed by atoms with van der Waals surface area (Å²) >= 11 is 1.48. The smallest absolute Gasteiger partial charge is 0.251 e. The maximum Gasteiger partial charge on any atom is 0.251 e. The monoisotopic (exact) mass is 443 g/mol. The van der Waals surface area contributed by atoms with E-state index in [-0.39, 0.29) is 23.4 Å². The number of carbonyl (C=O) groups excluding carboxylic acids is 1. The van der Waals surface area contributed by atoms with Gasteiger partial charge in [0.25, 0.3) is 5.91 Å². The molecular weight excluding hydrogens is 418 g/mol. The van der Waals surface area contributed by atoms with Crippen molar-refractivity contribution in [1.82, 2.24) is 14.9 Å². The Labute approximate surface area is 181 Å². The molecule has 1 unspecified atom stereocenters. The average molecular weight is 444 g/mol. The Morgan fingerprint density at radius 3 is 2.47 bits per heavy atom. The number of hydrogen-bond donors (Lipinski definition) is 2. The van der Waals surface area contributed by atoms with Crippen LogP contribution in [0.4, 0.5) is 0 Å². The third-order valence-corrected chi connectivity index (χ3v) is 6.75. The minimum atomic E-state index is -3.72. The van der Waals surface area contributed by atoms with E-state index >= 15 is 0 Å². The van der Waals surface area contributed by atoms with E-state index in [0.29, 0.717) is 12.1 Å². The number of thiophene rings is 1. The van der Waals surface area contributed by atoms with E-state index in [0.717, 1.165) is 10.4 Å². The summed E-state index contributed by atoms with van der Waals surface area (Å²) in [5.74, 6) is -0.319. The average Bonchev–Trinajstić information content (AvgIpc) is 3.26. The first-order valence-electron chi connectivity index (χ1n) is 9.48. The molecule has 0 aliphatic carbocycles. The summed E-state index contributed by atoms with van der Waals surface area (Å²) in [5.41, 5.74) is 1.29. The van der Waals surface area contributed by atoms with Gasteiger partial charge in [0.05, 0.1) is 10.9 Å². The maximum atomic E-state index is 12.9. The maximum absolute atomic E-state index is 12.9. The molecule has 8 heteroatoms. The Kier molecular flexibility index (Phi) is 7.38. The number of carbonyl (C=O) groups is 1. The molecule has 30 heavy (non-hydrogen) atoms. The highest BCUT2D eigenvalue weighted by molar-refractivity contribution is 7.89. The fourth-order valence-corrected chi connectivity index (χ4v) is 4.78. The molecule has 1 heterocycles. The molecular formula is C22H25N3O3S2. The van der Waals surface area contributed by atoms with Crippen LogP contribution >= 0.6 is 11.3 Å². The van der Waals surface area contributed by atoms with Crippen molar-refractivity contribution < 1.29 is 13.2 Å². The van der Waals surface area contributed by atoms with Crippen LogP contribution in [-0.2, 0) is 16.6 Å². The number of amides is 1. The fraction of sp³-hybridized carbons (Fsp3) is 0.227. The van der Waals surface area contributed by atoms with Gasteiger partial charge in [-0.25, -0.2) is 13.1 Å². The Morgan fingerprint density at radius 1 is 1.03 bits per heavy atom. The van der Waals surface area contributed by atoms with Gasteiger partial charge in [0, 0.05) is 23.5 Å². The van der Waals surface area contributed by atoms with Gasteiger partial charge in [-0.1, -0.05) is 42.5 Å². The van der Waals surface area contributed by atoms with Crippen LogP contribution in [0.25, 0.3) is 0 Å². The number of benzene rings is 2. The quantitative estimate of drug-likeness (QED) is 0.532. The lowest BCUT2D eigenvalue weighted by Gasteiger charge is -2.23. The van der Waals surface area contributed by atoms with Gasteiger partial charge in [-0.05, 0) is 49.3 Å². The van der Waals surface area contributed by atoms with Crippen LogP contribution in [0.2, 0.25) is 0 Å². The summed E-state index contributed by atoms with van der Waals surface area (Å²) in [6, 6.07) is 19.3. The Bertz CT molecular complexity index is 1070. The first-order valence-corrected chi connectivity index (χ1v) is 11.8. The normalized spacial score (nSPS) is 12.6. The van der Waals surface area contributed by atoms with Gasteiger partial charge >= 0.3 is 0 Å². The van der Waals surface area contributed by atoms with Gasteiger partial charge in [-0.15, -0.1) is 11.3 Å². The summed E-state index contributed by atoms with van der Waals surface area (Å²) in [4.78, 5) is 15.9.